The maximum Gasteiger partial charge on any atom is 0.416 e. The van der Waals surface area contributed by atoms with E-state index in [1.54, 1.807) is 18.3 Å². The van der Waals surface area contributed by atoms with E-state index in [2.05, 4.69) is 10.3 Å². The van der Waals surface area contributed by atoms with E-state index in [1.807, 2.05) is 29.8 Å². The lowest BCUT2D eigenvalue weighted by Gasteiger charge is -2.24. The second-order valence-electron chi connectivity index (χ2n) is 10.1. The molecule has 0 spiro atoms. The zero-order valence-electron chi connectivity index (χ0n) is 22.8. The molecule has 3 heterocycles. The number of carbonyl (C=O) groups excluding carboxylic acids is 1. The van der Waals surface area contributed by atoms with Gasteiger partial charge in [-0.1, -0.05) is 13.0 Å². The van der Waals surface area contributed by atoms with Gasteiger partial charge in [0.2, 0.25) is 10.0 Å². The molecule has 1 unspecified atom stereocenters. The molecule has 0 saturated carbocycles. The lowest BCUT2D eigenvalue weighted by atomic mass is 9.82. The van der Waals surface area contributed by atoms with Crippen molar-refractivity contribution in [1.82, 2.24) is 19.7 Å². The van der Waals surface area contributed by atoms with Crippen LogP contribution in [0.3, 0.4) is 0 Å². The fraction of sp³-hybridized carbons (Fsp3) is 0.310. The summed E-state index contributed by atoms with van der Waals surface area (Å²) in [6.45, 7) is 2.22. The van der Waals surface area contributed by atoms with Gasteiger partial charge < -0.3 is 5.32 Å². The number of anilines is 1. The predicted molar refractivity (Wildman–Crippen MR) is 155 cm³/mol. The number of nitrogens with zero attached hydrogens (tertiary/aromatic N) is 3. The van der Waals surface area contributed by atoms with Gasteiger partial charge in [-0.05, 0) is 78.8 Å². The van der Waals surface area contributed by atoms with Crippen molar-refractivity contribution in [2.75, 3.05) is 11.6 Å². The number of thiazole rings is 1. The van der Waals surface area contributed by atoms with Crippen LogP contribution in [0.4, 0.5) is 19.0 Å². The predicted octanol–water partition coefficient (Wildman–Crippen LogP) is 5.95. The van der Waals surface area contributed by atoms with E-state index < -0.39 is 27.7 Å². The molecule has 1 atom stereocenters. The van der Waals surface area contributed by atoms with Gasteiger partial charge in [0, 0.05) is 23.9 Å². The third-order valence-corrected chi connectivity index (χ3v) is 8.65. The van der Waals surface area contributed by atoms with Crippen molar-refractivity contribution < 1.29 is 26.4 Å². The van der Waals surface area contributed by atoms with Crippen molar-refractivity contribution in [3.8, 4) is 10.6 Å². The number of hydrogen-bond donors (Lipinski definition) is 2. The number of fused-ring (bicyclic) bond motifs is 1. The molecular formula is C29H28F3N5O3S2. The number of halogens is 3. The lowest BCUT2D eigenvalue weighted by Crippen LogP contribution is -2.29. The highest BCUT2D eigenvalue weighted by Gasteiger charge is 2.31. The van der Waals surface area contributed by atoms with Crippen molar-refractivity contribution in [1.29, 1.82) is 0 Å². The van der Waals surface area contributed by atoms with E-state index in [0.717, 1.165) is 82.5 Å². The number of hydrogen-bond acceptors (Lipinski definition) is 8. The van der Waals surface area contributed by atoms with Crippen LogP contribution in [0.2, 0.25) is 0 Å². The summed E-state index contributed by atoms with van der Waals surface area (Å²) in [4.78, 5) is 26.7. The lowest BCUT2D eigenvalue weighted by molar-refractivity contribution is -0.137. The highest BCUT2D eigenvalue weighted by atomic mass is 32.2. The van der Waals surface area contributed by atoms with E-state index in [-0.39, 0.29) is 18.3 Å². The van der Waals surface area contributed by atoms with Crippen molar-refractivity contribution in [3.05, 3.63) is 93.4 Å². The van der Waals surface area contributed by atoms with Crippen LogP contribution in [-0.2, 0) is 35.6 Å². The number of aromatic nitrogens is 3. The van der Waals surface area contributed by atoms with Crippen LogP contribution in [-0.4, -0.2) is 35.5 Å². The summed E-state index contributed by atoms with van der Waals surface area (Å²) in [6, 6.07) is 11.1. The molecule has 8 nitrogen and oxygen atoms in total. The van der Waals surface area contributed by atoms with E-state index in [1.165, 1.54) is 11.3 Å². The fourth-order valence-electron chi connectivity index (χ4n) is 4.96. The Morgan fingerprint density at radius 3 is 2.67 bits per heavy atom. The molecule has 5 rings (SSSR count). The van der Waals surface area contributed by atoms with E-state index in [4.69, 9.17) is 9.97 Å². The molecular weight excluding hydrogens is 587 g/mol. The monoisotopic (exact) mass is 615 g/mol. The molecule has 1 aliphatic rings. The molecule has 220 valence electrons. The number of aryl methyl sites for hydroxylation is 2. The average molecular weight is 616 g/mol. The topological polar surface area (TPSA) is 114 Å². The molecule has 0 bridgehead atoms. The van der Waals surface area contributed by atoms with Crippen LogP contribution >= 0.6 is 11.3 Å². The van der Waals surface area contributed by atoms with Gasteiger partial charge in [-0.2, -0.15) is 13.2 Å². The fourth-order valence-corrected chi connectivity index (χ4v) is 6.45. The largest absolute Gasteiger partial charge is 0.416 e. The highest BCUT2D eigenvalue weighted by Crippen LogP contribution is 2.40. The minimum atomic E-state index is -4.45. The number of rotatable bonds is 8. The first kappa shape index (κ1) is 29.6. The van der Waals surface area contributed by atoms with Crippen molar-refractivity contribution >= 4 is 33.1 Å². The van der Waals surface area contributed by atoms with E-state index >= 15 is 0 Å². The van der Waals surface area contributed by atoms with Gasteiger partial charge in [0.05, 0.1) is 34.6 Å². The molecule has 1 aliphatic carbocycles. The Labute approximate surface area is 245 Å². The van der Waals surface area contributed by atoms with Crippen LogP contribution in [0.25, 0.3) is 10.6 Å². The van der Waals surface area contributed by atoms with Crippen molar-refractivity contribution in [2.24, 2.45) is 0 Å². The number of sulfonamides is 1. The quantitative estimate of drug-likeness (QED) is 0.252. The average Bonchev–Trinajstić information content (AvgIpc) is 3.44. The Bertz CT molecular complexity index is 1740. The van der Waals surface area contributed by atoms with Crippen LogP contribution < -0.4 is 10.0 Å². The van der Waals surface area contributed by atoms with Gasteiger partial charge in [-0.25, -0.2) is 23.1 Å². The number of carbonyl (C=O) groups is 1. The molecule has 42 heavy (non-hydrogen) atoms. The highest BCUT2D eigenvalue weighted by molar-refractivity contribution is 7.89. The number of alkyl halides is 3. The van der Waals surface area contributed by atoms with Crippen LogP contribution in [0, 0.1) is 0 Å². The molecule has 4 aromatic rings. The molecule has 1 aromatic carbocycles. The van der Waals surface area contributed by atoms with Gasteiger partial charge in [0.25, 0.3) is 5.91 Å². The summed E-state index contributed by atoms with van der Waals surface area (Å²) >= 11 is 1.53. The smallest absolute Gasteiger partial charge is 0.364 e. The SMILES string of the molecule is CCc1cc(CNc2cc(C(F)(F)F)ccn2)nc(-c2cnc(C3CCCc4cc(C(=O)NS(C)(=O)=O)ccc43)s2)c1. The van der Waals surface area contributed by atoms with E-state index in [0.29, 0.717) is 11.3 Å². The Hall–Kier alpha value is -3.84. The second kappa shape index (κ2) is 11.8. The number of amides is 1. The molecule has 3 aromatic heterocycles. The minimum Gasteiger partial charge on any atom is -0.364 e. The Kier molecular flexibility index (Phi) is 8.33. The number of pyridine rings is 2. The van der Waals surface area contributed by atoms with Gasteiger partial charge in [-0.15, -0.1) is 11.3 Å². The summed E-state index contributed by atoms with van der Waals surface area (Å²) in [5.74, 6) is -0.514. The van der Waals surface area contributed by atoms with Crippen molar-refractivity contribution in [3.63, 3.8) is 0 Å². The van der Waals surface area contributed by atoms with Gasteiger partial charge in [-0.3, -0.25) is 9.78 Å². The first-order valence-electron chi connectivity index (χ1n) is 13.3. The number of benzene rings is 1. The van der Waals surface area contributed by atoms with Gasteiger partial charge >= 0.3 is 6.18 Å². The molecule has 1 amide bonds. The summed E-state index contributed by atoms with van der Waals surface area (Å²) in [5.41, 5.74) is 4.01. The van der Waals surface area contributed by atoms with E-state index in [9.17, 15) is 26.4 Å². The maximum absolute atomic E-state index is 13.1. The molecule has 0 aliphatic heterocycles. The molecule has 0 saturated heterocycles. The van der Waals surface area contributed by atoms with Crippen LogP contribution in [0.5, 0.6) is 0 Å². The Morgan fingerprint density at radius 1 is 1.12 bits per heavy atom. The third kappa shape index (κ3) is 6.96. The van der Waals surface area contributed by atoms with Crippen LogP contribution in [0.1, 0.15) is 69.0 Å². The van der Waals surface area contributed by atoms with Gasteiger partial charge in [0.1, 0.15) is 10.8 Å². The molecule has 0 fully saturated rings. The zero-order valence-corrected chi connectivity index (χ0v) is 24.5. The summed E-state index contributed by atoms with van der Waals surface area (Å²) in [6.07, 6.45) is 2.71. The maximum atomic E-state index is 13.1. The second-order valence-corrected chi connectivity index (χ2v) is 12.9. The summed E-state index contributed by atoms with van der Waals surface area (Å²) in [7, 11) is -3.67. The van der Waals surface area contributed by atoms with Crippen LogP contribution in [0.15, 0.2) is 54.9 Å². The number of nitrogens with one attached hydrogen (secondary N) is 2. The standard InChI is InChI=1S/C29H28F3N5O3S2/c1-3-17-11-21(15-34-26-14-20(9-10-33-26)29(30,31)32)36-24(12-17)25-16-35-28(41-25)23-6-4-5-18-13-19(7-8-22(18)23)27(38)37-42(2,39)40/h7-14,16,23H,3-6,15H2,1-2H3,(H,33,34)(H,37,38). The normalized spacial score (nSPS) is 15.2. The molecule has 13 heteroatoms. The summed E-state index contributed by atoms with van der Waals surface area (Å²) in [5, 5.41) is 3.86. The van der Waals surface area contributed by atoms with Gasteiger partial charge in [0.15, 0.2) is 0 Å². The Balaban J connectivity index is 1.37. The summed E-state index contributed by atoms with van der Waals surface area (Å²) < 4.78 is 64.2. The third-order valence-electron chi connectivity index (χ3n) is 6.96. The first-order chi connectivity index (χ1) is 19.9. The minimum absolute atomic E-state index is 0.0296. The molecule has 2 N–H and O–H groups in total. The zero-order chi connectivity index (χ0) is 30.1. The molecule has 0 radical (unpaired) electrons. The Morgan fingerprint density at radius 2 is 1.93 bits per heavy atom. The van der Waals surface area contributed by atoms with Crippen molar-refractivity contribution in [2.45, 2.75) is 51.2 Å². The first-order valence-corrected chi connectivity index (χ1v) is 16.0.